The van der Waals surface area contributed by atoms with Crippen LogP contribution in [-0.4, -0.2) is 156 Å². The van der Waals surface area contributed by atoms with E-state index in [9.17, 15) is 52.7 Å². The fourth-order valence-electron chi connectivity index (χ4n) is 13.3. The van der Waals surface area contributed by atoms with Gasteiger partial charge in [0.2, 0.25) is 17.8 Å². The van der Waals surface area contributed by atoms with Crippen molar-refractivity contribution in [3.8, 4) is 34.0 Å². The first-order chi connectivity index (χ1) is 49.3. The zero-order chi connectivity index (χ0) is 75.4. The number of carbonyl (C=O) groups excluding carboxylic acids is 10. The van der Waals surface area contributed by atoms with Crippen molar-refractivity contribution >= 4 is 76.6 Å². The quantitative estimate of drug-likeness (QED) is 0.0341. The van der Waals surface area contributed by atoms with Gasteiger partial charge in [-0.2, -0.15) is 0 Å². The summed E-state index contributed by atoms with van der Waals surface area (Å²) in [5, 5.41) is 6.21. The van der Waals surface area contributed by atoms with Gasteiger partial charge in [0.1, 0.15) is 36.9 Å². The van der Waals surface area contributed by atoms with Gasteiger partial charge in [-0.1, -0.05) is 96.1 Å². The standard InChI is InChI=1S/C76H86N6O22/c1-15-46-51-33-45(100-74(93)104-75(9,10)11)26-28-56(51)77-62-52(46)35-82-58(62)34-55-54(67(82)87)38-95-70(89)76(55,16-2)103-73(92)81(13)30-29-80(12)72(91)97-36-44-25-27-57(60(32-44)101-69-41(6)63(98-42(7)83)64(99-43(8)84)65(102-69)68(88)94-14)78-66(86)40(5)31-59(85)61(39(3)4)79-71(90)96-37-53-49-23-19-17-21-47(49)48-22-18-20-24-50(48)53/h17-28,32-34,39-41,53,61,63-65,69H,15-16,29-31,35-38H2,1-14H3,(H,78,86)(H,79,90)/t40-,41-,61+,63-,64+,65+,69-,76+/m1/s1. The minimum Gasteiger partial charge on any atom is -0.467 e. The first-order valence-electron chi connectivity index (χ1n) is 34.3. The van der Waals surface area contributed by atoms with Crippen LogP contribution in [-0.2, 0) is 103 Å². The average Bonchev–Trinajstić information content (AvgIpc) is 1.49. The van der Waals surface area contributed by atoms with E-state index >= 15 is 0 Å². The number of nitrogens with zero attached hydrogens (tertiary/aromatic N) is 4. The third-order valence-electron chi connectivity index (χ3n) is 18.7. The van der Waals surface area contributed by atoms with Gasteiger partial charge in [0, 0.05) is 75.8 Å². The van der Waals surface area contributed by atoms with E-state index in [0.717, 1.165) is 59.2 Å². The third-order valence-corrected chi connectivity index (χ3v) is 18.7. The number of esters is 4. The number of pyridine rings is 2. The average molecular weight is 1440 g/mol. The van der Waals surface area contributed by atoms with Gasteiger partial charge >= 0.3 is 48.3 Å². The molecule has 2 aromatic heterocycles. The van der Waals surface area contributed by atoms with Gasteiger partial charge in [-0.15, -0.1) is 0 Å². The zero-order valence-electron chi connectivity index (χ0n) is 60.5. The summed E-state index contributed by atoms with van der Waals surface area (Å²) in [5.41, 5.74) is 4.32. The number of ketones is 1. The van der Waals surface area contributed by atoms with Crippen LogP contribution in [0.3, 0.4) is 0 Å². The molecule has 3 aliphatic heterocycles. The molecule has 4 amide bonds. The molecule has 0 bridgehead atoms. The molecule has 1 fully saturated rings. The lowest BCUT2D eigenvalue weighted by molar-refractivity contribution is -0.261. The molecule has 104 heavy (non-hydrogen) atoms. The number of ether oxygens (including phenoxy) is 11. The summed E-state index contributed by atoms with van der Waals surface area (Å²) >= 11 is 0. The molecule has 28 heteroatoms. The highest BCUT2D eigenvalue weighted by atomic mass is 16.7. The van der Waals surface area contributed by atoms with Crippen LogP contribution >= 0.6 is 0 Å². The van der Waals surface area contributed by atoms with Gasteiger partial charge in [-0.05, 0) is 109 Å². The molecule has 0 saturated carbocycles. The van der Waals surface area contributed by atoms with Crippen molar-refractivity contribution in [1.29, 1.82) is 0 Å². The molecule has 0 spiro atoms. The fourth-order valence-corrected chi connectivity index (χ4v) is 13.3. The van der Waals surface area contributed by atoms with Gasteiger partial charge in [0.05, 0.1) is 53.8 Å². The van der Waals surface area contributed by atoms with Crippen LogP contribution in [0.1, 0.15) is 134 Å². The summed E-state index contributed by atoms with van der Waals surface area (Å²) in [6.45, 7) is 16.5. The number of aryl methyl sites for hydroxylation is 1. The second-order valence-electron chi connectivity index (χ2n) is 27.5. The van der Waals surface area contributed by atoms with Crippen LogP contribution in [0.2, 0.25) is 0 Å². The second-order valence-corrected chi connectivity index (χ2v) is 27.5. The number of nitrogens with one attached hydrogen (secondary N) is 2. The van der Waals surface area contributed by atoms with Crippen LogP contribution in [0.4, 0.5) is 24.9 Å². The van der Waals surface area contributed by atoms with E-state index < -0.39 is 132 Å². The minimum atomic E-state index is -2.08. The van der Waals surface area contributed by atoms with Crippen molar-refractivity contribution in [3.63, 3.8) is 0 Å². The molecule has 10 rings (SSSR count). The molecule has 1 aliphatic carbocycles. The predicted molar refractivity (Wildman–Crippen MR) is 373 cm³/mol. The van der Waals surface area contributed by atoms with E-state index in [1.54, 1.807) is 72.7 Å². The smallest absolute Gasteiger partial charge is 0.467 e. The summed E-state index contributed by atoms with van der Waals surface area (Å²) in [4.78, 5) is 156. The van der Waals surface area contributed by atoms with Crippen molar-refractivity contribution < 1.29 is 100 Å². The molecule has 552 valence electrons. The summed E-state index contributed by atoms with van der Waals surface area (Å²) < 4.78 is 64.3. The monoisotopic (exact) mass is 1430 g/mol. The Kier molecular flexibility index (Phi) is 22.8. The molecule has 0 radical (unpaired) electrons. The Morgan fingerprint density at radius 2 is 1.45 bits per heavy atom. The molecule has 1 saturated heterocycles. The number of benzene rings is 4. The number of hydrogen-bond donors (Lipinski definition) is 2. The number of cyclic esters (lactones) is 1. The number of alkyl carbamates (subject to hydrolysis) is 1. The maximum Gasteiger partial charge on any atom is 0.514 e. The SMILES string of the molecule is CCc1c2c(nc3ccc(OC(=O)OC(C)(C)C)cc13)-c1cc3c(c(=O)n1C2)COC(=O)[C@@]3(CC)OC(=O)N(C)CCN(C)C(=O)OCc1ccc(NC(=O)[C@H](C)CC(=O)[C@@H](NC(=O)OCC2c3ccccc3-c3ccccc32)C(C)C)c(O[C@@H]2O[C@H](C(=O)OC)[C@@H](OC(C)=O)[C@H](OC(C)=O)[C@H]2C)c1. The van der Waals surface area contributed by atoms with Crippen molar-refractivity contribution in [1.82, 2.24) is 24.7 Å². The van der Waals surface area contributed by atoms with Gasteiger partial charge in [-0.3, -0.25) is 24.0 Å². The molecule has 6 aromatic rings. The van der Waals surface area contributed by atoms with E-state index in [4.69, 9.17) is 57.1 Å². The zero-order valence-corrected chi connectivity index (χ0v) is 60.5. The molecular weight excluding hydrogens is 1350 g/mol. The second kappa shape index (κ2) is 31.4. The maximum absolute atomic E-state index is 14.5. The van der Waals surface area contributed by atoms with Gasteiger partial charge < -0.3 is 77.1 Å². The molecule has 4 aromatic carbocycles. The number of fused-ring (bicyclic) bond motifs is 8. The van der Waals surface area contributed by atoms with Gasteiger partial charge in [-0.25, -0.2) is 33.8 Å². The Balaban J connectivity index is 0.816. The van der Waals surface area contributed by atoms with Crippen molar-refractivity contribution in [2.45, 2.75) is 163 Å². The first-order valence-corrected chi connectivity index (χ1v) is 34.3. The lowest BCUT2D eigenvalue weighted by Crippen LogP contribution is -2.60. The minimum absolute atomic E-state index is 0.00270. The number of rotatable bonds is 23. The lowest BCUT2D eigenvalue weighted by Gasteiger charge is -2.42. The molecule has 8 atom stereocenters. The summed E-state index contributed by atoms with van der Waals surface area (Å²) in [6, 6.07) is 25.7. The van der Waals surface area contributed by atoms with Gasteiger partial charge in [0.25, 0.3) is 5.56 Å². The number of carbonyl (C=O) groups is 10. The number of aromatic nitrogens is 2. The topological polar surface area (TPSA) is 338 Å². The Hall–Kier alpha value is -10.9. The van der Waals surface area contributed by atoms with E-state index in [-0.39, 0.29) is 85.5 Å². The predicted octanol–water partition coefficient (Wildman–Crippen LogP) is 10.2. The van der Waals surface area contributed by atoms with E-state index in [1.165, 1.54) is 48.7 Å². The number of anilines is 1. The lowest BCUT2D eigenvalue weighted by atomic mass is 9.85. The van der Waals surface area contributed by atoms with Crippen molar-refractivity contribution in [2.24, 2.45) is 17.8 Å². The van der Waals surface area contributed by atoms with Crippen LogP contribution in [0.5, 0.6) is 11.5 Å². The summed E-state index contributed by atoms with van der Waals surface area (Å²) in [5.74, 6) is -7.21. The normalized spacial score (nSPS) is 19.0. The van der Waals surface area contributed by atoms with Crippen LogP contribution in [0.25, 0.3) is 33.4 Å². The number of likely N-dealkylation sites (N-methyl/N-ethyl adjacent to an activating group) is 2. The van der Waals surface area contributed by atoms with Crippen molar-refractivity contribution in [2.75, 3.05) is 46.2 Å². The molecule has 2 N–H and O–H groups in total. The molecule has 28 nitrogen and oxygen atoms in total. The van der Waals surface area contributed by atoms with Crippen LogP contribution < -0.4 is 25.7 Å². The first kappa shape index (κ1) is 75.8. The number of methoxy groups -OCH3 is 1. The summed E-state index contributed by atoms with van der Waals surface area (Å²) in [7, 11) is 3.88. The number of Topliss-reactive ketones (excluding diaryl/α,β-unsaturated/α-hetero) is 1. The molecule has 0 unspecified atom stereocenters. The largest absolute Gasteiger partial charge is 0.514 e. The van der Waals surface area contributed by atoms with E-state index in [0.29, 0.717) is 28.7 Å². The number of hydrogen-bond acceptors (Lipinski definition) is 23. The van der Waals surface area contributed by atoms with Crippen LogP contribution in [0.15, 0.2) is 95.8 Å². The highest BCUT2D eigenvalue weighted by Crippen LogP contribution is 2.46. The Labute approximate surface area is 600 Å². The van der Waals surface area contributed by atoms with E-state index in [1.807, 2.05) is 55.5 Å². The summed E-state index contributed by atoms with van der Waals surface area (Å²) in [6.07, 6.45) is -9.52. The highest BCUT2D eigenvalue weighted by molar-refractivity contribution is 5.98. The Morgan fingerprint density at radius 1 is 0.798 bits per heavy atom. The Bertz CT molecular complexity index is 4400. The van der Waals surface area contributed by atoms with Crippen molar-refractivity contribution in [3.05, 3.63) is 140 Å². The third kappa shape index (κ3) is 16.1. The highest BCUT2D eigenvalue weighted by Gasteiger charge is 2.54. The Morgan fingerprint density at radius 3 is 2.08 bits per heavy atom. The van der Waals surface area contributed by atoms with Gasteiger partial charge in [0.15, 0.2) is 24.1 Å². The van der Waals surface area contributed by atoms with E-state index in [2.05, 4.69) is 10.6 Å². The number of amides is 4. The fraction of sp³-hybridized carbons (Fsp3) is 0.447. The van der Waals surface area contributed by atoms with Crippen LogP contribution in [0, 0.1) is 17.8 Å². The molecule has 4 aliphatic rings. The maximum atomic E-state index is 14.5. The molecular formula is C76H86N6O22. The molecule has 5 heterocycles.